The second-order valence-electron chi connectivity index (χ2n) is 7.05. The van der Waals surface area contributed by atoms with Crippen LogP contribution in [0.1, 0.15) is 17.3 Å². The number of hydrogen-bond acceptors (Lipinski definition) is 8. The molecule has 0 spiro atoms. The third kappa shape index (κ3) is 5.87. The predicted molar refractivity (Wildman–Crippen MR) is 137 cm³/mol. The standard InChI is InChI=1S/C23H18N4O4S3/c1-14(21(28)26-23-25-19(13-33-23)20-9-4-10-32-20)34-18-8-3-6-16(12-18)24-22(29)15-5-2-7-17(11-15)27(30)31/h2-14H,1H3,(H,24,29)(H,25,26,28). The maximum atomic E-state index is 12.7. The Labute approximate surface area is 207 Å². The largest absolute Gasteiger partial charge is 0.322 e. The molecule has 11 heteroatoms. The van der Waals surface area contributed by atoms with Crippen LogP contribution in [-0.2, 0) is 4.79 Å². The van der Waals surface area contributed by atoms with E-state index in [4.69, 9.17) is 0 Å². The van der Waals surface area contributed by atoms with Gasteiger partial charge in [-0.2, -0.15) is 0 Å². The van der Waals surface area contributed by atoms with Crippen molar-refractivity contribution < 1.29 is 14.5 Å². The second kappa shape index (κ2) is 10.6. The number of aromatic nitrogens is 1. The van der Waals surface area contributed by atoms with Crippen LogP contribution in [0, 0.1) is 10.1 Å². The zero-order valence-corrected chi connectivity index (χ0v) is 20.2. The van der Waals surface area contributed by atoms with Gasteiger partial charge in [-0.3, -0.25) is 19.7 Å². The smallest absolute Gasteiger partial charge is 0.270 e. The topological polar surface area (TPSA) is 114 Å². The number of thiophene rings is 1. The van der Waals surface area contributed by atoms with Crippen LogP contribution >= 0.6 is 34.4 Å². The molecule has 2 aromatic carbocycles. The first-order chi connectivity index (χ1) is 16.4. The quantitative estimate of drug-likeness (QED) is 0.167. The van der Waals surface area contributed by atoms with Crippen LogP contribution in [0.2, 0.25) is 0 Å². The van der Waals surface area contributed by atoms with Gasteiger partial charge in [0, 0.05) is 33.7 Å². The number of amides is 2. The number of carbonyl (C=O) groups excluding carboxylic acids is 2. The van der Waals surface area contributed by atoms with Crippen LogP contribution in [0.25, 0.3) is 10.6 Å². The van der Waals surface area contributed by atoms with Gasteiger partial charge in [-0.1, -0.05) is 18.2 Å². The number of anilines is 2. The molecule has 0 aliphatic heterocycles. The van der Waals surface area contributed by atoms with Gasteiger partial charge in [-0.05, 0) is 42.6 Å². The van der Waals surface area contributed by atoms with E-state index in [2.05, 4.69) is 15.6 Å². The van der Waals surface area contributed by atoms with Crippen molar-refractivity contribution in [2.45, 2.75) is 17.1 Å². The van der Waals surface area contributed by atoms with Crippen LogP contribution in [0.3, 0.4) is 0 Å². The number of thiazole rings is 1. The highest BCUT2D eigenvalue weighted by atomic mass is 32.2. The van der Waals surface area contributed by atoms with Crippen molar-refractivity contribution in [3.63, 3.8) is 0 Å². The van der Waals surface area contributed by atoms with Crippen molar-refractivity contribution in [3.8, 4) is 10.6 Å². The first-order valence-electron chi connectivity index (χ1n) is 10.0. The van der Waals surface area contributed by atoms with Gasteiger partial charge in [0.15, 0.2) is 5.13 Å². The van der Waals surface area contributed by atoms with Gasteiger partial charge in [0.25, 0.3) is 11.6 Å². The van der Waals surface area contributed by atoms with Gasteiger partial charge in [0.1, 0.15) is 0 Å². The molecular formula is C23H18N4O4S3. The molecule has 0 radical (unpaired) electrons. The van der Waals surface area contributed by atoms with Gasteiger partial charge in [-0.15, -0.1) is 34.4 Å². The number of nitro groups is 1. The first kappa shape index (κ1) is 23.6. The van der Waals surface area contributed by atoms with Crippen molar-refractivity contribution in [3.05, 3.63) is 87.1 Å². The van der Waals surface area contributed by atoms with Crippen LogP contribution in [0.5, 0.6) is 0 Å². The molecule has 0 aliphatic carbocycles. The lowest BCUT2D eigenvalue weighted by Gasteiger charge is -2.12. The third-order valence-corrected chi connectivity index (χ3v) is 7.34. The Balaban J connectivity index is 1.37. The van der Waals surface area contributed by atoms with Crippen LogP contribution in [0.4, 0.5) is 16.5 Å². The molecular weight excluding hydrogens is 492 g/mol. The van der Waals surface area contributed by atoms with E-state index in [-0.39, 0.29) is 17.2 Å². The lowest BCUT2D eigenvalue weighted by Crippen LogP contribution is -2.22. The molecule has 0 bridgehead atoms. The Kier molecular flexibility index (Phi) is 7.36. The molecule has 34 heavy (non-hydrogen) atoms. The van der Waals surface area contributed by atoms with Gasteiger partial charge in [-0.25, -0.2) is 4.98 Å². The number of hydrogen-bond donors (Lipinski definition) is 2. The third-order valence-electron chi connectivity index (χ3n) is 4.60. The molecule has 4 rings (SSSR count). The Bertz CT molecular complexity index is 1340. The van der Waals surface area contributed by atoms with E-state index < -0.39 is 16.1 Å². The summed E-state index contributed by atoms with van der Waals surface area (Å²) in [5, 5.41) is 20.6. The average Bonchev–Trinajstić information content (AvgIpc) is 3.51. The van der Waals surface area contributed by atoms with Gasteiger partial charge in [0.2, 0.25) is 5.91 Å². The zero-order chi connectivity index (χ0) is 24.1. The van der Waals surface area contributed by atoms with Crippen molar-refractivity contribution >= 4 is 62.8 Å². The lowest BCUT2D eigenvalue weighted by molar-refractivity contribution is -0.384. The number of rotatable bonds is 8. The zero-order valence-electron chi connectivity index (χ0n) is 17.8. The summed E-state index contributed by atoms with van der Waals surface area (Å²) >= 11 is 4.31. The molecule has 2 N–H and O–H groups in total. The maximum Gasteiger partial charge on any atom is 0.270 e. The van der Waals surface area contributed by atoms with Crippen molar-refractivity contribution in [1.29, 1.82) is 0 Å². The summed E-state index contributed by atoms with van der Waals surface area (Å²) in [4.78, 5) is 41.9. The molecule has 8 nitrogen and oxygen atoms in total. The van der Waals surface area contributed by atoms with E-state index in [9.17, 15) is 19.7 Å². The molecule has 2 heterocycles. The number of nitrogens with one attached hydrogen (secondary N) is 2. The lowest BCUT2D eigenvalue weighted by atomic mass is 10.2. The van der Waals surface area contributed by atoms with E-state index >= 15 is 0 Å². The van der Waals surface area contributed by atoms with Crippen LogP contribution < -0.4 is 10.6 Å². The second-order valence-corrected chi connectivity index (χ2v) is 10.3. The van der Waals surface area contributed by atoms with Crippen LogP contribution in [-0.4, -0.2) is 27.0 Å². The van der Waals surface area contributed by atoms with Gasteiger partial charge in [0.05, 0.1) is 20.7 Å². The highest BCUT2D eigenvalue weighted by molar-refractivity contribution is 8.00. The van der Waals surface area contributed by atoms with Gasteiger partial charge >= 0.3 is 0 Å². The number of carbonyl (C=O) groups is 2. The fourth-order valence-corrected chi connectivity index (χ4v) is 5.35. The molecule has 0 aliphatic rings. The fourth-order valence-electron chi connectivity index (χ4n) is 2.94. The predicted octanol–water partition coefficient (Wildman–Crippen LogP) is 6.15. The van der Waals surface area contributed by atoms with E-state index in [1.54, 1.807) is 36.5 Å². The highest BCUT2D eigenvalue weighted by Gasteiger charge is 2.17. The molecule has 2 aromatic heterocycles. The molecule has 4 aromatic rings. The summed E-state index contributed by atoms with van der Waals surface area (Å²) in [6, 6.07) is 16.5. The highest BCUT2D eigenvalue weighted by Crippen LogP contribution is 2.30. The summed E-state index contributed by atoms with van der Waals surface area (Å²) in [5.41, 5.74) is 1.39. The van der Waals surface area contributed by atoms with Crippen molar-refractivity contribution in [2.24, 2.45) is 0 Å². The number of nitro benzene ring substituents is 1. The summed E-state index contributed by atoms with van der Waals surface area (Å²) in [6.45, 7) is 1.79. The molecule has 1 atom stereocenters. The summed E-state index contributed by atoms with van der Waals surface area (Å²) in [6.07, 6.45) is 0. The van der Waals surface area contributed by atoms with Crippen LogP contribution in [0.15, 0.2) is 76.3 Å². The summed E-state index contributed by atoms with van der Waals surface area (Å²) in [5.74, 6) is -0.634. The first-order valence-corrected chi connectivity index (χ1v) is 12.7. The van der Waals surface area contributed by atoms with E-state index in [1.807, 2.05) is 29.0 Å². The minimum atomic E-state index is -0.546. The number of non-ortho nitro benzene ring substituents is 1. The van der Waals surface area contributed by atoms with Crippen molar-refractivity contribution in [1.82, 2.24) is 4.98 Å². The number of benzene rings is 2. The molecule has 1 unspecified atom stereocenters. The SMILES string of the molecule is CC(Sc1cccc(NC(=O)c2cccc([N+](=O)[O-])c2)c1)C(=O)Nc1nc(-c2cccs2)cs1. The Morgan fingerprint density at radius 2 is 1.88 bits per heavy atom. The van der Waals surface area contributed by atoms with E-state index in [1.165, 1.54) is 47.4 Å². The Hall–Kier alpha value is -3.54. The normalized spacial score (nSPS) is 11.6. The monoisotopic (exact) mass is 510 g/mol. The Morgan fingerprint density at radius 1 is 1.06 bits per heavy atom. The minimum Gasteiger partial charge on any atom is -0.322 e. The van der Waals surface area contributed by atoms with E-state index in [0.29, 0.717) is 10.8 Å². The minimum absolute atomic E-state index is 0.153. The van der Waals surface area contributed by atoms with E-state index in [0.717, 1.165) is 15.5 Å². The van der Waals surface area contributed by atoms with Crippen molar-refractivity contribution in [2.75, 3.05) is 10.6 Å². The molecule has 172 valence electrons. The Morgan fingerprint density at radius 3 is 2.65 bits per heavy atom. The number of nitrogens with zero attached hydrogens (tertiary/aromatic N) is 2. The summed E-state index contributed by atoms with van der Waals surface area (Å²) < 4.78 is 0. The average molecular weight is 511 g/mol. The molecule has 0 saturated heterocycles. The van der Waals surface area contributed by atoms with Gasteiger partial charge < -0.3 is 10.6 Å². The fraction of sp³-hybridized carbons (Fsp3) is 0.0870. The number of thioether (sulfide) groups is 1. The molecule has 2 amide bonds. The molecule has 0 fully saturated rings. The molecule has 0 saturated carbocycles. The summed E-state index contributed by atoms with van der Waals surface area (Å²) in [7, 11) is 0. The maximum absolute atomic E-state index is 12.7.